The van der Waals surface area contributed by atoms with E-state index in [0.29, 0.717) is 13.2 Å². The van der Waals surface area contributed by atoms with Crippen molar-refractivity contribution in [3.8, 4) is 11.1 Å². The second kappa shape index (κ2) is 6.15. The molecule has 1 unspecified atom stereocenters. The molecule has 0 saturated heterocycles. The second-order valence-corrected chi connectivity index (χ2v) is 5.43. The number of carbonyl (C=O) groups is 1. The molecule has 0 fully saturated rings. The van der Waals surface area contributed by atoms with Gasteiger partial charge in [-0.05, 0) is 34.7 Å². The Morgan fingerprint density at radius 3 is 3.00 bits per heavy atom. The van der Waals surface area contributed by atoms with E-state index in [1.807, 2.05) is 30.5 Å². The van der Waals surface area contributed by atoms with E-state index < -0.39 is 6.09 Å². The summed E-state index contributed by atoms with van der Waals surface area (Å²) in [6, 6.07) is 10.2. The molecule has 0 bridgehead atoms. The van der Waals surface area contributed by atoms with Gasteiger partial charge in [-0.1, -0.05) is 24.3 Å². The number of nitrogens with zero attached hydrogens (tertiary/aromatic N) is 2. The van der Waals surface area contributed by atoms with Gasteiger partial charge in [-0.3, -0.25) is 4.98 Å². The molecule has 22 heavy (non-hydrogen) atoms. The third-order valence-electron chi connectivity index (χ3n) is 3.94. The Morgan fingerprint density at radius 2 is 2.27 bits per heavy atom. The molecule has 2 aromatic rings. The van der Waals surface area contributed by atoms with Gasteiger partial charge in [-0.15, -0.1) is 0 Å². The van der Waals surface area contributed by atoms with Gasteiger partial charge in [0, 0.05) is 19.4 Å². The summed E-state index contributed by atoms with van der Waals surface area (Å²) >= 11 is 0. The van der Waals surface area contributed by atoms with Gasteiger partial charge < -0.3 is 14.7 Å². The molecule has 1 aromatic carbocycles. The molecule has 3 rings (SSSR count). The van der Waals surface area contributed by atoms with Crippen LogP contribution in [0.5, 0.6) is 0 Å². The van der Waals surface area contributed by atoms with Crippen molar-refractivity contribution in [2.75, 3.05) is 20.2 Å². The third kappa shape index (κ3) is 2.94. The molecule has 0 radical (unpaired) electrons. The van der Waals surface area contributed by atoms with Gasteiger partial charge >= 0.3 is 6.09 Å². The maximum absolute atomic E-state index is 11.0. The van der Waals surface area contributed by atoms with E-state index in [9.17, 15) is 4.79 Å². The molecule has 5 heteroatoms. The summed E-state index contributed by atoms with van der Waals surface area (Å²) in [5, 5.41) is 9.02. The highest BCUT2D eigenvalue weighted by Crippen LogP contribution is 2.31. The molecule has 1 atom stereocenters. The molecule has 1 aliphatic heterocycles. The SMILES string of the molecule is CN(CC1OCCc2cc(-c3cccnc3)ccc21)C(=O)O. The zero-order chi connectivity index (χ0) is 15.5. The molecule has 0 saturated carbocycles. The molecule has 1 N–H and O–H groups in total. The molecule has 0 spiro atoms. The van der Waals surface area contributed by atoms with E-state index in [2.05, 4.69) is 11.1 Å². The van der Waals surface area contributed by atoms with E-state index in [1.165, 1.54) is 10.5 Å². The predicted octanol–water partition coefficient (Wildman–Crippen LogP) is 2.97. The Kier molecular flexibility index (Phi) is 4.06. The number of hydrogen-bond acceptors (Lipinski definition) is 3. The molecular formula is C17H18N2O3. The molecule has 1 amide bonds. The second-order valence-electron chi connectivity index (χ2n) is 5.43. The van der Waals surface area contributed by atoms with Crippen LogP contribution in [0.4, 0.5) is 4.79 Å². The number of ether oxygens (including phenoxy) is 1. The number of carboxylic acid groups (broad SMARTS) is 1. The van der Waals surface area contributed by atoms with Crippen molar-refractivity contribution in [2.24, 2.45) is 0 Å². The number of aromatic nitrogens is 1. The van der Waals surface area contributed by atoms with Crippen LogP contribution in [0.15, 0.2) is 42.7 Å². The van der Waals surface area contributed by atoms with Crippen molar-refractivity contribution >= 4 is 6.09 Å². The van der Waals surface area contributed by atoms with Crippen molar-refractivity contribution in [2.45, 2.75) is 12.5 Å². The lowest BCUT2D eigenvalue weighted by atomic mass is 9.93. The van der Waals surface area contributed by atoms with Crippen molar-refractivity contribution in [3.63, 3.8) is 0 Å². The molecule has 2 heterocycles. The highest BCUT2D eigenvalue weighted by atomic mass is 16.5. The number of amides is 1. The number of hydrogen-bond donors (Lipinski definition) is 1. The van der Waals surface area contributed by atoms with Crippen LogP contribution in [0.2, 0.25) is 0 Å². The fourth-order valence-electron chi connectivity index (χ4n) is 2.73. The Hall–Kier alpha value is -2.40. The quantitative estimate of drug-likeness (QED) is 0.946. The molecular weight excluding hydrogens is 280 g/mol. The van der Waals surface area contributed by atoms with Crippen LogP contribution < -0.4 is 0 Å². The minimum atomic E-state index is -0.942. The van der Waals surface area contributed by atoms with Gasteiger partial charge in [-0.25, -0.2) is 4.79 Å². The normalized spacial score (nSPS) is 16.9. The number of pyridine rings is 1. The topological polar surface area (TPSA) is 62.7 Å². The minimum Gasteiger partial charge on any atom is -0.465 e. The van der Waals surface area contributed by atoms with Crippen molar-refractivity contribution in [1.29, 1.82) is 0 Å². The molecule has 5 nitrogen and oxygen atoms in total. The van der Waals surface area contributed by atoms with E-state index in [0.717, 1.165) is 23.1 Å². The van der Waals surface area contributed by atoms with E-state index in [4.69, 9.17) is 9.84 Å². The Bertz CT molecular complexity index is 673. The van der Waals surface area contributed by atoms with Crippen LogP contribution in [0.1, 0.15) is 17.2 Å². The van der Waals surface area contributed by atoms with Crippen molar-refractivity contribution in [1.82, 2.24) is 9.88 Å². The summed E-state index contributed by atoms with van der Waals surface area (Å²) in [6.07, 6.45) is 3.30. The summed E-state index contributed by atoms with van der Waals surface area (Å²) in [4.78, 5) is 16.4. The first-order chi connectivity index (χ1) is 10.6. The van der Waals surface area contributed by atoms with Gasteiger partial charge in [0.15, 0.2) is 0 Å². The summed E-state index contributed by atoms with van der Waals surface area (Å²) in [5.74, 6) is 0. The lowest BCUT2D eigenvalue weighted by Crippen LogP contribution is -2.32. The number of benzene rings is 1. The highest BCUT2D eigenvalue weighted by Gasteiger charge is 2.24. The summed E-state index contributed by atoms with van der Waals surface area (Å²) in [7, 11) is 1.56. The lowest BCUT2D eigenvalue weighted by Gasteiger charge is -2.29. The minimum absolute atomic E-state index is 0.201. The smallest absolute Gasteiger partial charge is 0.407 e. The van der Waals surface area contributed by atoms with Crippen LogP contribution in [0, 0.1) is 0 Å². The number of likely N-dealkylation sites (N-methyl/N-ethyl adjacent to an activating group) is 1. The van der Waals surface area contributed by atoms with Gasteiger partial charge in [0.2, 0.25) is 0 Å². The largest absolute Gasteiger partial charge is 0.465 e. The van der Waals surface area contributed by atoms with Gasteiger partial charge in [0.1, 0.15) is 6.10 Å². The lowest BCUT2D eigenvalue weighted by molar-refractivity contribution is 0.0224. The summed E-state index contributed by atoms with van der Waals surface area (Å²) in [6.45, 7) is 0.955. The maximum Gasteiger partial charge on any atom is 0.407 e. The summed E-state index contributed by atoms with van der Waals surface area (Å²) in [5.41, 5.74) is 4.50. The van der Waals surface area contributed by atoms with Crippen LogP contribution >= 0.6 is 0 Å². The van der Waals surface area contributed by atoms with Gasteiger partial charge in [0.05, 0.1) is 13.2 Å². The third-order valence-corrected chi connectivity index (χ3v) is 3.94. The Morgan fingerprint density at radius 1 is 1.41 bits per heavy atom. The van der Waals surface area contributed by atoms with Crippen LogP contribution in [0.25, 0.3) is 11.1 Å². The monoisotopic (exact) mass is 298 g/mol. The fraction of sp³-hybridized carbons (Fsp3) is 0.294. The summed E-state index contributed by atoms with van der Waals surface area (Å²) < 4.78 is 5.75. The average molecular weight is 298 g/mol. The van der Waals surface area contributed by atoms with Crippen molar-refractivity contribution < 1.29 is 14.6 Å². The van der Waals surface area contributed by atoms with Crippen molar-refractivity contribution in [3.05, 3.63) is 53.9 Å². The van der Waals surface area contributed by atoms with Gasteiger partial charge in [-0.2, -0.15) is 0 Å². The zero-order valence-electron chi connectivity index (χ0n) is 12.4. The maximum atomic E-state index is 11.0. The van der Waals surface area contributed by atoms with Crippen LogP contribution in [-0.4, -0.2) is 41.3 Å². The van der Waals surface area contributed by atoms with E-state index in [-0.39, 0.29) is 6.10 Å². The number of fused-ring (bicyclic) bond motifs is 1. The first-order valence-corrected chi connectivity index (χ1v) is 7.24. The highest BCUT2D eigenvalue weighted by molar-refractivity contribution is 5.65. The van der Waals surface area contributed by atoms with Crippen LogP contribution in [0.3, 0.4) is 0 Å². The van der Waals surface area contributed by atoms with E-state index in [1.54, 1.807) is 13.2 Å². The molecule has 114 valence electrons. The number of rotatable bonds is 3. The Labute approximate surface area is 129 Å². The average Bonchev–Trinajstić information content (AvgIpc) is 2.55. The fourth-order valence-corrected chi connectivity index (χ4v) is 2.73. The standard InChI is InChI=1S/C17H18N2O3/c1-19(17(20)21)11-16-15-5-4-12(9-13(15)6-8-22-16)14-3-2-7-18-10-14/h2-5,7,9-10,16H,6,8,11H2,1H3,(H,20,21). The molecule has 0 aliphatic carbocycles. The first-order valence-electron chi connectivity index (χ1n) is 7.24. The zero-order valence-corrected chi connectivity index (χ0v) is 12.4. The predicted molar refractivity (Wildman–Crippen MR) is 82.7 cm³/mol. The van der Waals surface area contributed by atoms with Crippen LogP contribution in [-0.2, 0) is 11.2 Å². The molecule has 1 aromatic heterocycles. The van der Waals surface area contributed by atoms with Gasteiger partial charge in [0.25, 0.3) is 0 Å². The first kappa shape index (κ1) is 14.5. The molecule has 1 aliphatic rings. The van der Waals surface area contributed by atoms with E-state index >= 15 is 0 Å². The Balaban J connectivity index is 1.88.